The summed E-state index contributed by atoms with van der Waals surface area (Å²) in [6.45, 7) is 0.761. The predicted molar refractivity (Wildman–Crippen MR) is 93.1 cm³/mol. The van der Waals surface area contributed by atoms with Gasteiger partial charge in [0.15, 0.2) is 11.5 Å². The van der Waals surface area contributed by atoms with E-state index in [0.29, 0.717) is 41.6 Å². The number of carbonyl (C=O) groups excluding carboxylic acids is 1. The van der Waals surface area contributed by atoms with Gasteiger partial charge in [-0.05, 0) is 17.7 Å². The number of benzene rings is 2. The highest BCUT2D eigenvalue weighted by Gasteiger charge is 2.23. The van der Waals surface area contributed by atoms with Crippen molar-refractivity contribution < 1.29 is 28.9 Å². The topological polar surface area (TPSA) is 94.1 Å². The van der Waals surface area contributed by atoms with Gasteiger partial charge in [-0.1, -0.05) is 30.3 Å². The lowest BCUT2D eigenvalue weighted by atomic mass is 9.99. The van der Waals surface area contributed by atoms with Gasteiger partial charge in [-0.15, -0.1) is 0 Å². The first-order valence-corrected chi connectivity index (χ1v) is 8.13. The number of aliphatic carboxylic acids is 1. The van der Waals surface area contributed by atoms with Crippen molar-refractivity contribution in [3.63, 3.8) is 0 Å². The molecule has 1 aliphatic heterocycles. The molecule has 2 N–H and O–H groups in total. The lowest BCUT2D eigenvalue weighted by molar-refractivity contribution is -0.138. The van der Waals surface area contributed by atoms with Gasteiger partial charge in [0.05, 0.1) is 13.0 Å². The van der Waals surface area contributed by atoms with Gasteiger partial charge in [0, 0.05) is 12.1 Å². The first kappa shape index (κ1) is 17.6. The third-order valence-electron chi connectivity index (χ3n) is 4.06. The van der Waals surface area contributed by atoms with Crippen LogP contribution in [0, 0.1) is 0 Å². The predicted octanol–water partition coefficient (Wildman–Crippen LogP) is 2.06. The molecule has 0 aromatic heterocycles. The van der Waals surface area contributed by atoms with Crippen molar-refractivity contribution in [2.45, 2.75) is 5.92 Å². The number of amides is 1. The quantitative estimate of drug-likeness (QED) is 0.822. The Hall–Kier alpha value is -3.22. The largest absolute Gasteiger partial charge is 0.493 e. The minimum absolute atomic E-state index is 0.0328. The van der Waals surface area contributed by atoms with Gasteiger partial charge in [-0.25, -0.2) is 0 Å². The van der Waals surface area contributed by atoms with Crippen LogP contribution < -0.4 is 19.5 Å². The smallest absolute Gasteiger partial charge is 0.312 e. The van der Waals surface area contributed by atoms with Crippen molar-refractivity contribution >= 4 is 11.9 Å². The molecule has 2 aromatic carbocycles. The van der Waals surface area contributed by atoms with E-state index in [0.717, 1.165) is 0 Å². The van der Waals surface area contributed by atoms with Gasteiger partial charge in [0.25, 0.3) is 5.91 Å². The summed E-state index contributed by atoms with van der Waals surface area (Å²) in [7, 11) is 1.48. The Morgan fingerprint density at radius 1 is 1.19 bits per heavy atom. The maximum absolute atomic E-state index is 12.5. The molecule has 1 amide bonds. The molecule has 0 aliphatic carbocycles. The fraction of sp³-hybridized carbons (Fsp3) is 0.263. The molecule has 0 saturated carbocycles. The van der Waals surface area contributed by atoms with Gasteiger partial charge in [-0.2, -0.15) is 0 Å². The van der Waals surface area contributed by atoms with E-state index in [1.54, 1.807) is 36.4 Å². The molecule has 7 heteroatoms. The number of methoxy groups -OCH3 is 1. The summed E-state index contributed by atoms with van der Waals surface area (Å²) >= 11 is 0. The summed E-state index contributed by atoms with van der Waals surface area (Å²) in [5.41, 5.74) is 0.934. The minimum Gasteiger partial charge on any atom is -0.493 e. The van der Waals surface area contributed by atoms with Crippen LogP contribution in [0.15, 0.2) is 42.5 Å². The maximum atomic E-state index is 12.5. The number of hydrogen-bond donors (Lipinski definition) is 2. The summed E-state index contributed by atoms with van der Waals surface area (Å²) in [4.78, 5) is 24.0. The first-order valence-electron chi connectivity index (χ1n) is 8.13. The summed E-state index contributed by atoms with van der Waals surface area (Å²) < 4.78 is 16.3. The van der Waals surface area contributed by atoms with Crippen LogP contribution in [0.5, 0.6) is 17.2 Å². The normalized spacial score (nSPS) is 13.6. The molecule has 1 heterocycles. The zero-order valence-electron chi connectivity index (χ0n) is 14.2. The monoisotopic (exact) mass is 357 g/mol. The molecule has 0 saturated heterocycles. The standard InChI is InChI=1S/C19H19NO6/c1-24-15-9-13(10-16-17(15)26-8-7-25-16)18(21)20-11-14(19(22)23)12-5-3-2-4-6-12/h2-6,9-10,14H,7-8,11H2,1H3,(H,20,21)(H,22,23). The SMILES string of the molecule is COc1cc(C(=O)NCC(C(=O)O)c2ccccc2)cc2c1OCCO2. The van der Waals surface area contributed by atoms with E-state index < -0.39 is 17.8 Å². The molecular weight excluding hydrogens is 338 g/mol. The average Bonchev–Trinajstić information content (AvgIpc) is 2.67. The van der Waals surface area contributed by atoms with Crippen LogP contribution in [0.1, 0.15) is 21.8 Å². The highest BCUT2D eigenvalue weighted by atomic mass is 16.6. The number of rotatable bonds is 6. The van der Waals surface area contributed by atoms with Crippen LogP contribution >= 0.6 is 0 Å². The first-order chi connectivity index (χ1) is 12.6. The van der Waals surface area contributed by atoms with E-state index in [-0.39, 0.29) is 6.54 Å². The van der Waals surface area contributed by atoms with E-state index in [9.17, 15) is 14.7 Å². The Morgan fingerprint density at radius 3 is 2.62 bits per heavy atom. The number of hydrogen-bond acceptors (Lipinski definition) is 5. The summed E-state index contributed by atoms with van der Waals surface area (Å²) in [5.74, 6) is -0.968. The molecule has 1 unspecified atom stereocenters. The van der Waals surface area contributed by atoms with E-state index in [2.05, 4.69) is 5.32 Å². The molecule has 3 rings (SSSR count). The second kappa shape index (κ2) is 7.77. The second-order valence-electron chi connectivity index (χ2n) is 5.71. The third kappa shape index (κ3) is 3.72. The lowest BCUT2D eigenvalue weighted by Gasteiger charge is -2.21. The Morgan fingerprint density at radius 2 is 1.92 bits per heavy atom. The molecule has 26 heavy (non-hydrogen) atoms. The van der Waals surface area contributed by atoms with Crippen LogP contribution in [0.2, 0.25) is 0 Å². The van der Waals surface area contributed by atoms with Gasteiger partial charge in [0.1, 0.15) is 13.2 Å². The lowest BCUT2D eigenvalue weighted by Crippen LogP contribution is -2.31. The van der Waals surface area contributed by atoms with Crippen molar-refractivity contribution in [3.8, 4) is 17.2 Å². The van der Waals surface area contributed by atoms with Crippen LogP contribution in [0.3, 0.4) is 0 Å². The van der Waals surface area contributed by atoms with Crippen molar-refractivity contribution in [2.24, 2.45) is 0 Å². The van der Waals surface area contributed by atoms with E-state index in [1.807, 2.05) is 6.07 Å². The molecule has 0 spiro atoms. The highest BCUT2D eigenvalue weighted by Crippen LogP contribution is 2.40. The fourth-order valence-electron chi connectivity index (χ4n) is 2.73. The Balaban J connectivity index is 1.76. The Labute approximate surface area is 150 Å². The summed E-state index contributed by atoms with van der Waals surface area (Å²) in [5, 5.41) is 12.1. The number of ether oxygens (including phenoxy) is 3. The van der Waals surface area contributed by atoms with Crippen molar-refractivity contribution in [1.82, 2.24) is 5.32 Å². The third-order valence-corrected chi connectivity index (χ3v) is 4.06. The van der Waals surface area contributed by atoms with Crippen molar-refractivity contribution in [2.75, 3.05) is 26.9 Å². The Bertz CT molecular complexity index is 788. The van der Waals surface area contributed by atoms with Gasteiger partial charge in [0.2, 0.25) is 5.75 Å². The molecule has 1 atom stereocenters. The zero-order valence-corrected chi connectivity index (χ0v) is 14.2. The number of carboxylic acids is 1. The van der Waals surface area contributed by atoms with Crippen molar-refractivity contribution in [1.29, 1.82) is 0 Å². The van der Waals surface area contributed by atoms with Gasteiger partial charge < -0.3 is 24.6 Å². The molecular formula is C19H19NO6. The number of fused-ring (bicyclic) bond motifs is 1. The minimum atomic E-state index is -1.00. The van der Waals surface area contributed by atoms with E-state index >= 15 is 0 Å². The zero-order chi connectivity index (χ0) is 18.5. The van der Waals surface area contributed by atoms with E-state index in [1.165, 1.54) is 7.11 Å². The van der Waals surface area contributed by atoms with Crippen LogP contribution in [0.25, 0.3) is 0 Å². The number of nitrogens with one attached hydrogen (secondary N) is 1. The molecule has 136 valence electrons. The van der Waals surface area contributed by atoms with Crippen molar-refractivity contribution in [3.05, 3.63) is 53.6 Å². The second-order valence-corrected chi connectivity index (χ2v) is 5.71. The molecule has 7 nitrogen and oxygen atoms in total. The van der Waals surface area contributed by atoms with Gasteiger partial charge in [-0.3, -0.25) is 9.59 Å². The van der Waals surface area contributed by atoms with E-state index in [4.69, 9.17) is 14.2 Å². The molecule has 0 radical (unpaired) electrons. The van der Waals surface area contributed by atoms with Crippen LogP contribution in [0.4, 0.5) is 0 Å². The molecule has 1 aliphatic rings. The van der Waals surface area contributed by atoms with Crippen LogP contribution in [-0.4, -0.2) is 43.9 Å². The Kier molecular flexibility index (Phi) is 5.26. The molecule has 0 fully saturated rings. The van der Waals surface area contributed by atoms with Gasteiger partial charge >= 0.3 is 5.97 Å². The summed E-state index contributed by atoms with van der Waals surface area (Å²) in [6.07, 6.45) is 0. The summed E-state index contributed by atoms with van der Waals surface area (Å²) in [6, 6.07) is 11.9. The average molecular weight is 357 g/mol. The molecule has 0 bridgehead atoms. The number of carboxylic acid groups (broad SMARTS) is 1. The fourth-order valence-corrected chi connectivity index (χ4v) is 2.73. The highest BCUT2D eigenvalue weighted by molar-refractivity contribution is 5.96. The molecule has 2 aromatic rings. The van der Waals surface area contributed by atoms with Crippen LogP contribution in [-0.2, 0) is 4.79 Å². The number of carbonyl (C=O) groups is 2. The maximum Gasteiger partial charge on any atom is 0.312 e.